The number of para-hydroxylation sites is 2. The minimum absolute atomic E-state index is 0.713. The summed E-state index contributed by atoms with van der Waals surface area (Å²) in [6, 6.07) is 24.1. The Hall–Kier alpha value is -7.09. The summed E-state index contributed by atoms with van der Waals surface area (Å²) >= 11 is 0. The third kappa shape index (κ3) is 8.75. The van der Waals surface area contributed by atoms with E-state index in [0.29, 0.717) is 5.56 Å². The molecule has 2 aromatic carbocycles. The number of aromatic nitrogens is 8. The maximum atomic E-state index is 10.2. The van der Waals surface area contributed by atoms with Gasteiger partial charge in [0.2, 0.25) is 0 Å². The molecule has 0 saturated heterocycles. The molecule has 2 aliphatic rings. The van der Waals surface area contributed by atoms with E-state index < -0.39 is 0 Å². The number of pyridine rings is 4. The van der Waals surface area contributed by atoms with E-state index in [4.69, 9.17) is 0 Å². The van der Waals surface area contributed by atoms with Gasteiger partial charge >= 0.3 is 0 Å². The zero-order chi connectivity index (χ0) is 39.0. The van der Waals surface area contributed by atoms with Gasteiger partial charge in [-0.2, -0.15) is 0 Å². The Labute approximate surface area is 329 Å². The highest BCUT2D eigenvalue weighted by atomic mass is 16.1. The summed E-state index contributed by atoms with van der Waals surface area (Å²) in [4.78, 5) is 47.2. The molecule has 0 saturated carbocycles. The fraction of sp³-hybridized carbons (Fsp3) is 0.159. The number of anilines is 4. The van der Waals surface area contributed by atoms with Gasteiger partial charge in [-0.05, 0) is 66.9 Å². The smallest absolute Gasteiger partial charge is 0.150 e. The molecule has 13 nitrogen and oxygen atoms in total. The van der Waals surface area contributed by atoms with Crippen LogP contribution in [0.2, 0.25) is 0 Å². The van der Waals surface area contributed by atoms with Gasteiger partial charge in [0.1, 0.15) is 30.6 Å². The summed E-state index contributed by atoms with van der Waals surface area (Å²) in [5, 5.41) is 12.3. The molecular formula is C44H40N12O. The van der Waals surface area contributed by atoms with E-state index in [-0.39, 0.29) is 0 Å². The molecule has 13 heteroatoms. The number of nitrogens with one attached hydrogen (secondary N) is 3. The van der Waals surface area contributed by atoms with Crippen LogP contribution in [-0.4, -0.2) is 51.1 Å². The number of fused-ring (bicyclic) bond motifs is 4. The molecule has 0 amide bonds. The number of hydrogen-bond acceptors (Lipinski definition) is 13. The number of carbonyl (C=O) groups is 1. The molecule has 0 unspecified atom stereocenters. The molecule has 10 rings (SSSR count). The van der Waals surface area contributed by atoms with Gasteiger partial charge in [-0.15, -0.1) is 0 Å². The van der Waals surface area contributed by atoms with Crippen molar-refractivity contribution in [3.63, 3.8) is 0 Å². The van der Waals surface area contributed by atoms with Crippen molar-refractivity contribution in [3.05, 3.63) is 167 Å². The number of rotatable bonds is 7. The summed E-state index contributed by atoms with van der Waals surface area (Å²) in [5.74, 6) is 1.72. The second kappa shape index (κ2) is 17.1. The van der Waals surface area contributed by atoms with Crippen LogP contribution in [0.3, 0.4) is 0 Å². The lowest BCUT2D eigenvalue weighted by molar-refractivity contribution is 0.112. The van der Waals surface area contributed by atoms with Crippen LogP contribution in [0.5, 0.6) is 0 Å². The predicted molar refractivity (Wildman–Crippen MR) is 221 cm³/mol. The highest BCUT2D eigenvalue weighted by Gasteiger charge is 2.24. The van der Waals surface area contributed by atoms with Gasteiger partial charge in [-0.25, -0.2) is 19.9 Å². The fourth-order valence-corrected chi connectivity index (χ4v) is 6.75. The molecule has 0 radical (unpaired) electrons. The van der Waals surface area contributed by atoms with Gasteiger partial charge in [0.05, 0.1) is 46.2 Å². The lowest BCUT2D eigenvalue weighted by Crippen LogP contribution is -2.16. The van der Waals surface area contributed by atoms with E-state index in [0.717, 1.165) is 112 Å². The largest absolute Gasteiger partial charge is 0.339 e. The third-order valence-corrected chi connectivity index (χ3v) is 9.85. The van der Waals surface area contributed by atoms with Crippen LogP contribution in [0.1, 0.15) is 49.6 Å². The third-order valence-electron chi connectivity index (χ3n) is 9.85. The number of aldehydes is 1. The zero-order valence-corrected chi connectivity index (χ0v) is 31.6. The standard InChI is InChI=1S/C22H20N6.C15H13N5.C7H7NO/c1-15-9-23-7-6-17(15)11-28-12-19-21(13-28)25-14-26-22(19)27-18-8-16-4-2-3-5-20(16)24-10-18;1-2-4-13-10(3-1)5-11(6-17-13)20-15-12-7-16-8-14(12)18-9-19-15;1-6-4-8-3-2-7(6)5-9/h2-10,14H,11-13H2,1H3,(H,25,26,27);1-6,9,16H,7-8H2,(H,18,19,20);2-5H,1H3. The highest BCUT2D eigenvalue weighted by Crippen LogP contribution is 2.30. The molecule has 0 fully saturated rings. The summed E-state index contributed by atoms with van der Waals surface area (Å²) in [6.45, 7) is 8.09. The second-order valence-corrected chi connectivity index (χ2v) is 13.8. The van der Waals surface area contributed by atoms with E-state index in [1.807, 2.05) is 68.1 Å². The van der Waals surface area contributed by atoms with Gasteiger partial charge in [0, 0.05) is 85.0 Å². The van der Waals surface area contributed by atoms with Crippen molar-refractivity contribution in [3.8, 4) is 0 Å². The Morgan fingerprint density at radius 3 is 1.89 bits per heavy atom. The Kier molecular flexibility index (Phi) is 11.1. The molecule has 0 aliphatic carbocycles. The summed E-state index contributed by atoms with van der Waals surface area (Å²) < 4.78 is 0. The highest BCUT2D eigenvalue weighted by molar-refractivity contribution is 5.83. The first-order chi connectivity index (χ1) is 28.0. The number of carbonyl (C=O) groups excluding carboxylic acids is 1. The molecule has 0 spiro atoms. The quantitative estimate of drug-likeness (QED) is 0.137. The predicted octanol–water partition coefficient (Wildman–Crippen LogP) is 7.56. The number of nitrogens with zero attached hydrogens (tertiary/aromatic N) is 9. The van der Waals surface area contributed by atoms with Crippen molar-refractivity contribution in [2.45, 2.75) is 46.6 Å². The molecule has 282 valence electrons. The first-order valence-corrected chi connectivity index (χ1v) is 18.6. The first kappa shape index (κ1) is 36.9. The number of hydrogen-bond donors (Lipinski definition) is 3. The lowest BCUT2D eigenvalue weighted by atomic mass is 10.1. The molecule has 8 heterocycles. The lowest BCUT2D eigenvalue weighted by Gasteiger charge is -2.16. The van der Waals surface area contributed by atoms with Crippen molar-refractivity contribution >= 4 is 51.1 Å². The molecule has 6 aromatic heterocycles. The molecule has 0 bridgehead atoms. The van der Waals surface area contributed by atoms with E-state index in [1.54, 1.807) is 31.1 Å². The maximum Gasteiger partial charge on any atom is 0.150 e. The molecule has 2 aliphatic heterocycles. The minimum atomic E-state index is 0.713. The maximum absolute atomic E-state index is 10.2. The average Bonchev–Trinajstić information content (AvgIpc) is 3.91. The minimum Gasteiger partial charge on any atom is -0.339 e. The fourth-order valence-electron chi connectivity index (χ4n) is 6.75. The monoisotopic (exact) mass is 752 g/mol. The van der Waals surface area contributed by atoms with Crippen LogP contribution in [0.25, 0.3) is 21.8 Å². The van der Waals surface area contributed by atoms with Crippen LogP contribution < -0.4 is 16.0 Å². The van der Waals surface area contributed by atoms with Crippen LogP contribution in [0, 0.1) is 13.8 Å². The summed E-state index contributed by atoms with van der Waals surface area (Å²) in [5.41, 5.74) is 12.4. The summed E-state index contributed by atoms with van der Waals surface area (Å²) in [6.07, 6.45) is 14.8. The van der Waals surface area contributed by atoms with Gasteiger partial charge in [-0.1, -0.05) is 36.4 Å². The van der Waals surface area contributed by atoms with Crippen molar-refractivity contribution in [1.29, 1.82) is 0 Å². The normalized spacial score (nSPS) is 12.8. The van der Waals surface area contributed by atoms with Gasteiger partial charge in [0.15, 0.2) is 0 Å². The summed E-state index contributed by atoms with van der Waals surface area (Å²) in [7, 11) is 0. The molecule has 57 heavy (non-hydrogen) atoms. The van der Waals surface area contributed by atoms with Gasteiger partial charge in [0.25, 0.3) is 0 Å². The molecule has 3 N–H and O–H groups in total. The Balaban J connectivity index is 0.000000136. The zero-order valence-electron chi connectivity index (χ0n) is 31.6. The SMILES string of the molecule is Cc1cnccc1C=O.Cc1cnccc1CN1Cc2ncnc(Nc3cnc4ccccc4c3)c2C1.c1ccc2ncc(Nc3ncnc4c3CNC4)cc2c1. The Morgan fingerprint density at radius 1 is 0.649 bits per heavy atom. The van der Waals surface area contributed by atoms with Crippen molar-refractivity contribution < 1.29 is 4.79 Å². The number of benzene rings is 2. The van der Waals surface area contributed by atoms with Crippen molar-refractivity contribution in [1.82, 2.24) is 50.1 Å². The Morgan fingerprint density at radius 2 is 1.26 bits per heavy atom. The topological polar surface area (TPSA) is 160 Å². The molecule has 8 aromatic rings. The molecule has 0 atom stereocenters. The van der Waals surface area contributed by atoms with Crippen LogP contribution in [0.15, 0.2) is 123 Å². The van der Waals surface area contributed by atoms with E-state index in [9.17, 15) is 4.79 Å². The van der Waals surface area contributed by atoms with E-state index in [2.05, 4.69) is 98.0 Å². The van der Waals surface area contributed by atoms with Crippen LogP contribution in [-0.2, 0) is 32.7 Å². The van der Waals surface area contributed by atoms with E-state index in [1.165, 1.54) is 11.1 Å². The van der Waals surface area contributed by atoms with E-state index >= 15 is 0 Å². The second-order valence-electron chi connectivity index (χ2n) is 13.8. The van der Waals surface area contributed by atoms with Crippen molar-refractivity contribution in [2.75, 3.05) is 10.6 Å². The average molecular weight is 753 g/mol. The van der Waals surface area contributed by atoms with Crippen LogP contribution >= 0.6 is 0 Å². The number of aryl methyl sites for hydroxylation is 2. The molecular weight excluding hydrogens is 713 g/mol. The first-order valence-electron chi connectivity index (χ1n) is 18.6. The van der Waals surface area contributed by atoms with Gasteiger partial charge < -0.3 is 16.0 Å². The van der Waals surface area contributed by atoms with Gasteiger partial charge in [-0.3, -0.25) is 29.6 Å². The Bertz CT molecular complexity index is 2690. The van der Waals surface area contributed by atoms with Crippen LogP contribution in [0.4, 0.5) is 23.0 Å². The van der Waals surface area contributed by atoms with Crippen molar-refractivity contribution in [2.24, 2.45) is 0 Å².